The van der Waals surface area contributed by atoms with E-state index in [1.165, 1.54) is 0 Å². The summed E-state index contributed by atoms with van der Waals surface area (Å²) in [7, 11) is 0. The highest BCUT2D eigenvalue weighted by atomic mass is 35.5. The maximum atomic E-state index is 5.53. The second-order valence-corrected chi connectivity index (χ2v) is 2.94. The molecule has 0 heterocycles. The Bertz CT molecular complexity index is 198. The first kappa shape index (κ1) is 9.40. The number of halogens is 1. The third-order valence-corrected chi connectivity index (χ3v) is 1.81. The zero-order valence-electron chi connectivity index (χ0n) is 7.00. The van der Waals surface area contributed by atoms with Crippen molar-refractivity contribution in [3.8, 4) is 5.75 Å². The van der Waals surface area contributed by atoms with Crippen molar-refractivity contribution >= 4 is 11.6 Å². The Balaban J connectivity index is 2.16. The number of para-hydroxylation sites is 1. The second-order valence-electron chi connectivity index (χ2n) is 2.56. The van der Waals surface area contributed by atoms with E-state index < -0.39 is 0 Å². The Labute approximate surface area is 78.3 Å². The van der Waals surface area contributed by atoms with Crippen molar-refractivity contribution in [2.45, 2.75) is 12.8 Å². The molecular formula is C10H13ClO. The van der Waals surface area contributed by atoms with E-state index in [9.17, 15) is 0 Å². The Morgan fingerprint density at radius 3 is 2.50 bits per heavy atom. The zero-order chi connectivity index (χ0) is 8.65. The van der Waals surface area contributed by atoms with Gasteiger partial charge >= 0.3 is 0 Å². The molecule has 1 aromatic carbocycles. The first-order chi connectivity index (χ1) is 5.93. The van der Waals surface area contributed by atoms with E-state index in [1.54, 1.807) is 0 Å². The maximum absolute atomic E-state index is 5.53. The highest BCUT2D eigenvalue weighted by Crippen LogP contribution is 2.08. The van der Waals surface area contributed by atoms with Gasteiger partial charge in [-0.15, -0.1) is 11.6 Å². The van der Waals surface area contributed by atoms with Gasteiger partial charge in [-0.3, -0.25) is 0 Å². The molecule has 0 N–H and O–H groups in total. The minimum absolute atomic E-state index is 0.720. The lowest BCUT2D eigenvalue weighted by molar-refractivity contribution is 0.309. The second kappa shape index (κ2) is 5.90. The summed E-state index contributed by atoms with van der Waals surface area (Å²) >= 11 is 5.53. The highest BCUT2D eigenvalue weighted by molar-refractivity contribution is 6.17. The lowest BCUT2D eigenvalue weighted by atomic mass is 10.3. The van der Waals surface area contributed by atoms with Crippen molar-refractivity contribution in [3.05, 3.63) is 30.3 Å². The van der Waals surface area contributed by atoms with E-state index in [-0.39, 0.29) is 0 Å². The van der Waals surface area contributed by atoms with Crippen LogP contribution in [0.15, 0.2) is 30.3 Å². The summed E-state index contributed by atoms with van der Waals surface area (Å²) in [5.41, 5.74) is 0. The molecule has 2 heteroatoms. The number of rotatable bonds is 5. The minimum Gasteiger partial charge on any atom is -0.494 e. The number of hydrogen-bond donors (Lipinski definition) is 0. The summed E-state index contributed by atoms with van der Waals surface area (Å²) in [6.45, 7) is 0.761. The summed E-state index contributed by atoms with van der Waals surface area (Å²) < 4.78 is 5.45. The molecule has 1 nitrogen and oxygen atoms in total. The number of alkyl halides is 1. The van der Waals surface area contributed by atoms with E-state index >= 15 is 0 Å². The van der Waals surface area contributed by atoms with Gasteiger partial charge in [0.2, 0.25) is 0 Å². The van der Waals surface area contributed by atoms with Gasteiger partial charge in [-0.1, -0.05) is 18.2 Å². The van der Waals surface area contributed by atoms with Gasteiger partial charge in [0.1, 0.15) is 5.75 Å². The molecule has 12 heavy (non-hydrogen) atoms. The molecule has 0 aliphatic heterocycles. The van der Waals surface area contributed by atoms with Gasteiger partial charge in [0.15, 0.2) is 0 Å². The predicted octanol–water partition coefficient (Wildman–Crippen LogP) is 3.08. The van der Waals surface area contributed by atoms with Gasteiger partial charge < -0.3 is 4.74 Å². The van der Waals surface area contributed by atoms with Crippen molar-refractivity contribution in [2.75, 3.05) is 12.5 Å². The number of benzene rings is 1. The number of ether oxygens (including phenoxy) is 1. The van der Waals surface area contributed by atoms with Gasteiger partial charge in [0.25, 0.3) is 0 Å². The summed E-state index contributed by atoms with van der Waals surface area (Å²) in [5, 5.41) is 0. The SMILES string of the molecule is ClCCCCOc1ccccc1. The van der Waals surface area contributed by atoms with Crippen LogP contribution in [0.25, 0.3) is 0 Å². The molecular weight excluding hydrogens is 172 g/mol. The van der Waals surface area contributed by atoms with E-state index in [0.717, 1.165) is 31.1 Å². The molecule has 66 valence electrons. The quantitative estimate of drug-likeness (QED) is 0.505. The topological polar surface area (TPSA) is 9.23 Å². The smallest absolute Gasteiger partial charge is 0.119 e. The Hall–Kier alpha value is -0.690. The normalized spacial score (nSPS) is 9.75. The third kappa shape index (κ3) is 3.63. The van der Waals surface area contributed by atoms with Crippen molar-refractivity contribution in [1.82, 2.24) is 0 Å². The molecule has 0 saturated carbocycles. The van der Waals surface area contributed by atoms with Crippen molar-refractivity contribution in [2.24, 2.45) is 0 Å². The standard InChI is InChI=1S/C10H13ClO/c11-8-4-5-9-12-10-6-2-1-3-7-10/h1-3,6-7H,4-5,8-9H2. The average molecular weight is 185 g/mol. The lowest BCUT2D eigenvalue weighted by Gasteiger charge is -2.03. The fourth-order valence-corrected chi connectivity index (χ4v) is 1.09. The van der Waals surface area contributed by atoms with Crippen LogP contribution >= 0.6 is 11.6 Å². The molecule has 1 aromatic rings. The number of hydrogen-bond acceptors (Lipinski definition) is 1. The van der Waals surface area contributed by atoms with Crippen LogP contribution in [0.2, 0.25) is 0 Å². The first-order valence-electron chi connectivity index (χ1n) is 4.17. The maximum Gasteiger partial charge on any atom is 0.119 e. The van der Waals surface area contributed by atoms with E-state index in [1.807, 2.05) is 30.3 Å². The monoisotopic (exact) mass is 184 g/mol. The molecule has 0 atom stereocenters. The molecule has 0 aromatic heterocycles. The summed E-state index contributed by atoms with van der Waals surface area (Å²) in [4.78, 5) is 0. The van der Waals surface area contributed by atoms with E-state index in [0.29, 0.717) is 0 Å². The highest BCUT2D eigenvalue weighted by Gasteiger charge is 1.90. The van der Waals surface area contributed by atoms with Crippen LogP contribution in [-0.2, 0) is 0 Å². The van der Waals surface area contributed by atoms with Crippen LogP contribution in [0, 0.1) is 0 Å². The molecule has 0 unspecified atom stereocenters. The molecule has 0 radical (unpaired) electrons. The largest absolute Gasteiger partial charge is 0.494 e. The van der Waals surface area contributed by atoms with Crippen molar-refractivity contribution < 1.29 is 4.74 Å². The Morgan fingerprint density at radius 2 is 1.83 bits per heavy atom. The summed E-state index contributed by atoms with van der Waals surface area (Å²) in [6.07, 6.45) is 2.05. The van der Waals surface area contributed by atoms with E-state index in [2.05, 4.69) is 0 Å². The summed E-state index contributed by atoms with van der Waals surface area (Å²) in [6, 6.07) is 9.83. The van der Waals surface area contributed by atoms with Gasteiger partial charge in [0, 0.05) is 5.88 Å². The van der Waals surface area contributed by atoms with Gasteiger partial charge in [0.05, 0.1) is 6.61 Å². The molecule has 0 fully saturated rings. The fourth-order valence-electron chi connectivity index (χ4n) is 0.903. The molecule has 0 amide bonds. The van der Waals surface area contributed by atoms with Crippen LogP contribution < -0.4 is 4.74 Å². The zero-order valence-corrected chi connectivity index (χ0v) is 7.76. The molecule has 0 spiro atoms. The predicted molar refractivity (Wildman–Crippen MR) is 51.9 cm³/mol. The average Bonchev–Trinajstić information content (AvgIpc) is 2.14. The lowest BCUT2D eigenvalue weighted by Crippen LogP contribution is -1.96. The van der Waals surface area contributed by atoms with Crippen LogP contribution in [-0.4, -0.2) is 12.5 Å². The summed E-state index contributed by atoms with van der Waals surface area (Å²) in [5.74, 6) is 1.66. The van der Waals surface area contributed by atoms with Crippen molar-refractivity contribution in [1.29, 1.82) is 0 Å². The van der Waals surface area contributed by atoms with Crippen LogP contribution in [0.1, 0.15) is 12.8 Å². The minimum atomic E-state index is 0.720. The first-order valence-corrected chi connectivity index (χ1v) is 4.71. The van der Waals surface area contributed by atoms with Gasteiger partial charge in [-0.05, 0) is 25.0 Å². The molecule has 1 rings (SSSR count). The molecule has 0 aliphatic rings. The molecule has 0 saturated heterocycles. The number of unbranched alkanes of at least 4 members (excludes halogenated alkanes) is 1. The Kier molecular flexibility index (Phi) is 4.62. The molecule has 0 aliphatic carbocycles. The van der Waals surface area contributed by atoms with Crippen LogP contribution in [0.3, 0.4) is 0 Å². The van der Waals surface area contributed by atoms with Gasteiger partial charge in [-0.25, -0.2) is 0 Å². The fraction of sp³-hybridized carbons (Fsp3) is 0.400. The molecule has 0 bridgehead atoms. The van der Waals surface area contributed by atoms with Crippen molar-refractivity contribution in [3.63, 3.8) is 0 Å². The van der Waals surface area contributed by atoms with E-state index in [4.69, 9.17) is 16.3 Å². The third-order valence-electron chi connectivity index (χ3n) is 1.54. The Morgan fingerprint density at radius 1 is 1.08 bits per heavy atom. The van der Waals surface area contributed by atoms with Crippen LogP contribution in [0.5, 0.6) is 5.75 Å². The van der Waals surface area contributed by atoms with Crippen LogP contribution in [0.4, 0.5) is 0 Å². The van der Waals surface area contributed by atoms with Gasteiger partial charge in [-0.2, -0.15) is 0 Å².